The van der Waals surface area contributed by atoms with Crippen molar-refractivity contribution in [2.24, 2.45) is 5.92 Å². The maximum atomic E-state index is 11.7. The summed E-state index contributed by atoms with van der Waals surface area (Å²) < 4.78 is 6.22. The van der Waals surface area contributed by atoms with Crippen LogP contribution in [0, 0.1) is 5.92 Å². The number of carbonyl (C=O) groups is 1. The predicted octanol–water partition coefficient (Wildman–Crippen LogP) is 3.70. The van der Waals surface area contributed by atoms with Gasteiger partial charge >= 0.3 is 0 Å². The van der Waals surface area contributed by atoms with E-state index in [2.05, 4.69) is 47.2 Å². The molecule has 0 spiro atoms. The van der Waals surface area contributed by atoms with E-state index in [0.717, 1.165) is 29.5 Å². The number of ether oxygens (including phenoxy) is 1. The number of methoxy groups -OCH3 is 1. The van der Waals surface area contributed by atoms with Gasteiger partial charge < -0.3 is 10.1 Å². The number of benzene rings is 1. The van der Waals surface area contributed by atoms with Crippen LogP contribution in [-0.2, 0) is 11.2 Å². The van der Waals surface area contributed by atoms with Gasteiger partial charge in [0.1, 0.15) is 5.75 Å². The van der Waals surface area contributed by atoms with E-state index in [1.807, 2.05) is 6.07 Å². The summed E-state index contributed by atoms with van der Waals surface area (Å²) in [6.07, 6.45) is 3.46. The van der Waals surface area contributed by atoms with Crippen LogP contribution in [0.4, 0.5) is 0 Å². The Morgan fingerprint density at radius 2 is 2.20 bits per heavy atom. The Bertz CT molecular complexity index is 501. The van der Waals surface area contributed by atoms with Gasteiger partial charge in [0.2, 0.25) is 5.91 Å². The first-order chi connectivity index (χ1) is 9.44. The van der Waals surface area contributed by atoms with Crippen LogP contribution < -0.4 is 10.1 Å². The van der Waals surface area contributed by atoms with Crippen molar-refractivity contribution in [1.82, 2.24) is 5.32 Å². The molecule has 0 saturated carbocycles. The molecule has 1 saturated heterocycles. The minimum absolute atomic E-state index is 0.0840. The van der Waals surface area contributed by atoms with Crippen LogP contribution in [0.3, 0.4) is 0 Å². The third-order valence-corrected chi connectivity index (χ3v) is 4.41. The highest BCUT2D eigenvalue weighted by atomic mass is 79.9. The third-order valence-electron chi connectivity index (χ3n) is 3.79. The lowest BCUT2D eigenvalue weighted by molar-refractivity contribution is -0.119. The van der Waals surface area contributed by atoms with E-state index < -0.39 is 0 Å². The standard InChI is InChI=1S/C16H22BrNO2/c1-11(2)9-16(7-6-15(19)18-16)10-12-4-5-14(20-3)13(17)8-12/h4-5,8,11H,6-7,9-10H2,1-3H3,(H,18,19). The van der Waals surface area contributed by atoms with Crippen molar-refractivity contribution in [3.8, 4) is 5.75 Å². The summed E-state index contributed by atoms with van der Waals surface area (Å²) in [5.74, 6) is 1.58. The van der Waals surface area contributed by atoms with Gasteiger partial charge in [0.15, 0.2) is 0 Å². The van der Waals surface area contributed by atoms with Crippen LogP contribution in [0.5, 0.6) is 5.75 Å². The second-order valence-electron chi connectivity index (χ2n) is 6.07. The number of carbonyl (C=O) groups excluding carboxylic acids is 1. The molecule has 3 nitrogen and oxygen atoms in total. The average molecular weight is 340 g/mol. The summed E-state index contributed by atoms with van der Waals surface area (Å²) in [6.45, 7) is 4.41. The number of hydrogen-bond donors (Lipinski definition) is 1. The topological polar surface area (TPSA) is 38.3 Å². The first-order valence-corrected chi connectivity index (χ1v) is 7.87. The fraction of sp³-hybridized carbons (Fsp3) is 0.562. The van der Waals surface area contributed by atoms with E-state index in [0.29, 0.717) is 12.3 Å². The molecule has 1 aliphatic rings. The molecule has 0 aromatic heterocycles. The monoisotopic (exact) mass is 339 g/mol. The van der Waals surface area contributed by atoms with Gasteiger partial charge in [0.05, 0.1) is 11.6 Å². The van der Waals surface area contributed by atoms with Crippen LogP contribution in [-0.4, -0.2) is 18.6 Å². The molecule has 1 N–H and O–H groups in total. The highest BCUT2D eigenvalue weighted by Crippen LogP contribution is 2.33. The van der Waals surface area contributed by atoms with E-state index >= 15 is 0 Å². The SMILES string of the molecule is COc1ccc(CC2(CC(C)C)CCC(=O)N2)cc1Br. The molecule has 1 fully saturated rings. The smallest absolute Gasteiger partial charge is 0.220 e. The molecule has 0 aliphatic carbocycles. The number of rotatable bonds is 5. The molecule has 110 valence electrons. The molecule has 2 rings (SSSR count). The molecular formula is C16H22BrNO2. The van der Waals surface area contributed by atoms with Crippen molar-refractivity contribution in [3.05, 3.63) is 28.2 Å². The quantitative estimate of drug-likeness (QED) is 0.888. The van der Waals surface area contributed by atoms with Crippen molar-refractivity contribution >= 4 is 21.8 Å². The Labute approximate surface area is 129 Å². The zero-order valence-corrected chi connectivity index (χ0v) is 13.9. The molecule has 20 heavy (non-hydrogen) atoms. The highest BCUT2D eigenvalue weighted by Gasteiger charge is 2.38. The van der Waals surface area contributed by atoms with E-state index in [9.17, 15) is 4.79 Å². The van der Waals surface area contributed by atoms with Crippen molar-refractivity contribution in [1.29, 1.82) is 0 Å². The number of amides is 1. The van der Waals surface area contributed by atoms with Crippen molar-refractivity contribution in [2.75, 3.05) is 7.11 Å². The van der Waals surface area contributed by atoms with Crippen LogP contribution in [0.2, 0.25) is 0 Å². The Morgan fingerprint density at radius 1 is 1.45 bits per heavy atom. The normalized spacial score (nSPS) is 22.1. The summed E-state index contributed by atoms with van der Waals surface area (Å²) in [5, 5.41) is 3.21. The highest BCUT2D eigenvalue weighted by molar-refractivity contribution is 9.10. The molecule has 1 aliphatic heterocycles. The maximum absolute atomic E-state index is 11.7. The molecule has 1 aromatic carbocycles. The molecule has 1 heterocycles. The molecule has 1 aromatic rings. The Morgan fingerprint density at radius 3 is 2.70 bits per heavy atom. The van der Waals surface area contributed by atoms with E-state index in [1.54, 1.807) is 7.11 Å². The average Bonchev–Trinajstić information content (AvgIpc) is 2.69. The van der Waals surface area contributed by atoms with Gasteiger partial charge in [-0.05, 0) is 58.8 Å². The fourth-order valence-corrected chi connectivity index (χ4v) is 3.71. The minimum atomic E-state index is -0.0840. The predicted molar refractivity (Wildman–Crippen MR) is 84.0 cm³/mol. The van der Waals surface area contributed by atoms with Gasteiger partial charge in [-0.2, -0.15) is 0 Å². The van der Waals surface area contributed by atoms with Gasteiger partial charge in [-0.3, -0.25) is 4.79 Å². The Kier molecular flexibility index (Phi) is 4.74. The van der Waals surface area contributed by atoms with E-state index in [1.165, 1.54) is 5.56 Å². The van der Waals surface area contributed by atoms with Crippen molar-refractivity contribution in [3.63, 3.8) is 0 Å². The van der Waals surface area contributed by atoms with Gasteiger partial charge in [-0.1, -0.05) is 19.9 Å². The summed E-state index contributed by atoms with van der Waals surface area (Å²) in [4.78, 5) is 11.7. The zero-order chi connectivity index (χ0) is 14.8. The first kappa shape index (κ1) is 15.4. The molecule has 4 heteroatoms. The van der Waals surface area contributed by atoms with Crippen molar-refractivity contribution < 1.29 is 9.53 Å². The largest absolute Gasteiger partial charge is 0.496 e. The zero-order valence-electron chi connectivity index (χ0n) is 12.3. The lowest BCUT2D eigenvalue weighted by atomic mass is 9.82. The Hall–Kier alpha value is -1.03. The van der Waals surface area contributed by atoms with Gasteiger partial charge in [-0.15, -0.1) is 0 Å². The fourth-order valence-electron chi connectivity index (χ4n) is 3.12. The molecule has 1 amide bonds. The van der Waals surface area contributed by atoms with Crippen LogP contribution in [0.1, 0.15) is 38.7 Å². The van der Waals surface area contributed by atoms with Crippen LogP contribution >= 0.6 is 15.9 Å². The molecule has 1 unspecified atom stereocenters. The molecular weight excluding hydrogens is 318 g/mol. The summed E-state index contributed by atoms with van der Waals surface area (Å²) in [5.41, 5.74) is 1.14. The van der Waals surface area contributed by atoms with Gasteiger partial charge in [-0.25, -0.2) is 0 Å². The number of nitrogens with one attached hydrogen (secondary N) is 1. The van der Waals surface area contributed by atoms with Gasteiger partial charge in [0, 0.05) is 12.0 Å². The second-order valence-corrected chi connectivity index (χ2v) is 6.93. The summed E-state index contributed by atoms with van der Waals surface area (Å²) in [7, 11) is 1.66. The second kappa shape index (κ2) is 6.17. The first-order valence-electron chi connectivity index (χ1n) is 7.07. The summed E-state index contributed by atoms with van der Waals surface area (Å²) >= 11 is 3.52. The number of hydrogen-bond acceptors (Lipinski definition) is 2. The third kappa shape index (κ3) is 3.54. The van der Waals surface area contributed by atoms with Crippen molar-refractivity contribution in [2.45, 2.75) is 45.1 Å². The van der Waals surface area contributed by atoms with E-state index in [4.69, 9.17) is 4.74 Å². The lowest BCUT2D eigenvalue weighted by Gasteiger charge is -2.31. The molecule has 0 radical (unpaired) electrons. The Balaban J connectivity index is 2.20. The molecule has 0 bridgehead atoms. The van der Waals surface area contributed by atoms with Crippen LogP contribution in [0.25, 0.3) is 0 Å². The summed E-state index contributed by atoms with van der Waals surface area (Å²) in [6, 6.07) is 6.14. The van der Waals surface area contributed by atoms with Crippen LogP contribution in [0.15, 0.2) is 22.7 Å². The van der Waals surface area contributed by atoms with Gasteiger partial charge in [0.25, 0.3) is 0 Å². The maximum Gasteiger partial charge on any atom is 0.220 e. The molecule has 1 atom stereocenters. The minimum Gasteiger partial charge on any atom is -0.496 e. The number of halogens is 1. The lowest BCUT2D eigenvalue weighted by Crippen LogP contribution is -2.44. The van der Waals surface area contributed by atoms with E-state index in [-0.39, 0.29) is 11.4 Å².